The van der Waals surface area contributed by atoms with Gasteiger partial charge in [0.25, 0.3) is 5.91 Å². The summed E-state index contributed by atoms with van der Waals surface area (Å²) in [6, 6.07) is 7.37. The van der Waals surface area contributed by atoms with Gasteiger partial charge in [-0.25, -0.2) is 0 Å². The molecule has 98 valence electrons. The summed E-state index contributed by atoms with van der Waals surface area (Å²) in [5.74, 6) is 0.161. The van der Waals surface area contributed by atoms with Crippen LogP contribution >= 0.6 is 15.9 Å². The molecule has 1 aromatic heterocycles. The standard InChI is InChI=1S/C15H14BrNO2/c1-3-8-17(9-4-2)15(18)14-10-11-12(16)6-5-7-13(11)19-14/h3-7,10H,1-2,8-9H2. The van der Waals surface area contributed by atoms with Crippen molar-refractivity contribution in [1.29, 1.82) is 0 Å². The van der Waals surface area contributed by atoms with Crippen molar-refractivity contribution < 1.29 is 9.21 Å². The van der Waals surface area contributed by atoms with Gasteiger partial charge in [-0.1, -0.05) is 34.1 Å². The van der Waals surface area contributed by atoms with Crippen LogP contribution in [0.25, 0.3) is 11.0 Å². The van der Waals surface area contributed by atoms with Crippen LogP contribution in [0.1, 0.15) is 10.6 Å². The van der Waals surface area contributed by atoms with Gasteiger partial charge in [0.2, 0.25) is 0 Å². The van der Waals surface area contributed by atoms with Crippen LogP contribution < -0.4 is 0 Å². The molecular weight excluding hydrogens is 306 g/mol. The predicted octanol–water partition coefficient (Wildman–Crippen LogP) is 4.01. The third-order valence-corrected chi connectivity index (χ3v) is 3.40. The minimum Gasteiger partial charge on any atom is -0.451 e. The molecule has 1 amide bonds. The molecule has 0 saturated heterocycles. The van der Waals surface area contributed by atoms with Crippen molar-refractivity contribution in [2.75, 3.05) is 13.1 Å². The molecule has 0 radical (unpaired) electrons. The van der Waals surface area contributed by atoms with Gasteiger partial charge in [-0.3, -0.25) is 4.79 Å². The second-order valence-electron chi connectivity index (χ2n) is 4.05. The van der Waals surface area contributed by atoms with E-state index in [1.165, 1.54) is 0 Å². The van der Waals surface area contributed by atoms with Gasteiger partial charge >= 0.3 is 0 Å². The van der Waals surface area contributed by atoms with Gasteiger partial charge in [-0.15, -0.1) is 13.2 Å². The molecule has 0 saturated carbocycles. The number of fused-ring (bicyclic) bond motifs is 1. The van der Waals surface area contributed by atoms with Gasteiger partial charge in [0.05, 0.1) is 0 Å². The Morgan fingerprint density at radius 2 is 2.00 bits per heavy atom. The molecule has 19 heavy (non-hydrogen) atoms. The first-order chi connectivity index (χ1) is 9.17. The molecule has 0 aliphatic carbocycles. The Bertz CT molecular complexity index is 620. The zero-order valence-corrected chi connectivity index (χ0v) is 12.0. The number of halogens is 1. The molecule has 1 heterocycles. The molecule has 0 atom stereocenters. The zero-order valence-electron chi connectivity index (χ0n) is 10.4. The number of hydrogen-bond donors (Lipinski definition) is 0. The van der Waals surface area contributed by atoms with Gasteiger partial charge in [-0.2, -0.15) is 0 Å². The molecule has 0 N–H and O–H groups in total. The van der Waals surface area contributed by atoms with Crippen LogP contribution in [0.4, 0.5) is 0 Å². The van der Waals surface area contributed by atoms with E-state index in [4.69, 9.17) is 4.42 Å². The summed E-state index contributed by atoms with van der Waals surface area (Å²) in [6.07, 6.45) is 3.36. The van der Waals surface area contributed by atoms with E-state index in [0.717, 1.165) is 9.86 Å². The second-order valence-corrected chi connectivity index (χ2v) is 4.90. The summed E-state index contributed by atoms with van der Waals surface area (Å²) in [4.78, 5) is 13.9. The Labute approximate surface area is 120 Å². The summed E-state index contributed by atoms with van der Waals surface area (Å²) >= 11 is 3.44. The van der Waals surface area contributed by atoms with E-state index in [2.05, 4.69) is 29.1 Å². The molecule has 4 heteroatoms. The average molecular weight is 320 g/mol. The van der Waals surface area contributed by atoms with Crippen LogP contribution in [0.5, 0.6) is 0 Å². The predicted molar refractivity (Wildman–Crippen MR) is 80.2 cm³/mol. The highest BCUT2D eigenvalue weighted by atomic mass is 79.9. The minimum absolute atomic E-state index is 0.164. The smallest absolute Gasteiger partial charge is 0.290 e. The first-order valence-electron chi connectivity index (χ1n) is 5.86. The number of hydrogen-bond acceptors (Lipinski definition) is 2. The average Bonchev–Trinajstić information content (AvgIpc) is 2.83. The lowest BCUT2D eigenvalue weighted by Gasteiger charge is -2.17. The van der Waals surface area contributed by atoms with Gasteiger partial charge in [0.1, 0.15) is 5.58 Å². The quantitative estimate of drug-likeness (QED) is 0.780. The van der Waals surface area contributed by atoms with Crippen molar-refractivity contribution in [1.82, 2.24) is 4.90 Å². The number of carbonyl (C=O) groups excluding carboxylic acids is 1. The third-order valence-electron chi connectivity index (χ3n) is 2.71. The van der Waals surface area contributed by atoms with Gasteiger partial charge in [0.15, 0.2) is 5.76 Å². The normalized spacial score (nSPS) is 10.4. The van der Waals surface area contributed by atoms with Crippen LogP contribution in [0, 0.1) is 0 Å². The number of furan rings is 1. The lowest BCUT2D eigenvalue weighted by molar-refractivity contribution is 0.0761. The van der Waals surface area contributed by atoms with E-state index in [1.807, 2.05) is 18.2 Å². The molecule has 0 unspecified atom stereocenters. The SMILES string of the molecule is C=CCN(CC=C)C(=O)c1cc2c(Br)cccc2o1. The molecule has 0 aliphatic heterocycles. The first kappa shape index (κ1) is 13.6. The van der Waals surface area contributed by atoms with E-state index in [1.54, 1.807) is 23.1 Å². The maximum atomic E-state index is 12.3. The maximum absolute atomic E-state index is 12.3. The second kappa shape index (κ2) is 5.89. The van der Waals surface area contributed by atoms with E-state index < -0.39 is 0 Å². The largest absolute Gasteiger partial charge is 0.451 e. The van der Waals surface area contributed by atoms with E-state index in [0.29, 0.717) is 24.4 Å². The van der Waals surface area contributed by atoms with Crippen molar-refractivity contribution in [3.05, 3.63) is 59.8 Å². The van der Waals surface area contributed by atoms with E-state index in [9.17, 15) is 4.79 Å². The zero-order chi connectivity index (χ0) is 13.8. The summed E-state index contributed by atoms with van der Waals surface area (Å²) in [5, 5.41) is 0.892. The Hall–Kier alpha value is -1.81. The van der Waals surface area contributed by atoms with Crippen LogP contribution in [-0.4, -0.2) is 23.9 Å². The van der Waals surface area contributed by atoms with Crippen LogP contribution in [0.3, 0.4) is 0 Å². The summed E-state index contributed by atoms with van der Waals surface area (Å²) < 4.78 is 6.50. The van der Waals surface area contributed by atoms with Crippen molar-refractivity contribution in [2.24, 2.45) is 0 Å². The molecule has 0 aliphatic rings. The highest BCUT2D eigenvalue weighted by Gasteiger charge is 2.18. The number of nitrogens with zero attached hydrogens (tertiary/aromatic N) is 1. The fraction of sp³-hybridized carbons (Fsp3) is 0.133. The Morgan fingerprint density at radius 3 is 2.58 bits per heavy atom. The molecule has 2 aromatic rings. The van der Waals surface area contributed by atoms with Crippen LogP contribution in [-0.2, 0) is 0 Å². The first-order valence-corrected chi connectivity index (χ1v) is 6.65. The monoisotopic (exact) mass is 319 g/mol. The molecule has 2 rings (SSSR count). The third kappa shape index (κ3) is 2.79. The number of benzene rings is 1. The Morgan fingerprint density at radius 1 is 1.32 bits per heavy atom. The molecule has 1 aromatic carbocycles. The molecule has 3 nitrogen and oxygen atoms in total. The fourth-order valence-corrected chi connectivity index (χ4v) is 2.30. The highest BCUT2D eigenvalue weighted by molar-refractivity contribution is 9.10. The van der Waals surface area contributed by atoms with Crippen molar-refractivity contribution in [3.63, 3.8) is 0 Å². The van der Waals surface area contributed by atoms with E-state index in [-0.39, 0.29) is 5.91 Å². The van der Waals surface area contributed by atoms with Crippen LogP contribution in [0.2, 0.25) is 0 Å². The number of carbonyl (C=O) groups is 1. The van der Waals surface area contributed by atoms with E-state index >= 15 is 0 Å². The Balaban J connectivity index is 2.37. The summed E-state index contributed by atoms with van der Waals surface area (Å²) in [6.45, 7) is 8.22. The summed E-state index contributed by atoms with van der Waals surface area (Å²) in [5.41, 5.74) is 0.690. The number of rotatable bonds is 5. The van der Waals surface area contributed by atoms with Gasteiger partial charge < -0.3 is 9.32 Å². The van der Waals surface area contributed by atoms with Crippen LogP contribution in [0.15, 0.2) is 58.5 Å². The highest BCUT2D eigenvalue weighted by Crippen LogP contribution is 2.27. The minimum atomic E-state index is -0.164. The maximum Gasteiger partial charge on any atom is 0.290 e. The fourth-order valence-electron chi connectivity index (χ4n) is 1.84. The van der Waals surface area contributed by atoms with Gasteiger partial charge in [-0.05, 0) is 18.2 Å². The molecule has 0 fully saturated rings. The van der Waals surface area contributed by atoms with Crippen molar-refractivity contribution in [3.8, 4) is 0 Å². The van der Waals surface area contributed by atoms with Gasteiger partial charge in [0, 0.05) is 22.9 Å². The molecular formula is C15H14BrNO2. The van der Waals surface area contributed by atoms with Crippen molar-refractivity contribution in [2.45, 2.75) is 0 Å². The lowest BCUT2D eigenvalue weighted by atomic mass is 10.2. The lowest BCUT2D eigenvalue weighted by Crippen LogP contribution is -2.30. The summed E-state index contributed by atoms with van der Waals surface area (Å²) in [7, 11) is 0. The number of amides is 1. The molecule has 0 bridgehead atoms. The topological polar surface area (TPSA) is 33.5 Å². The Kier molecular flexibility index (Phi) is 4.22. The van der Waals surface area contributed by atoms with Crippen molar-refractivity contribution >= 4 is 32.8 Å². The molecule has 0 spiro atoms.